The summed E-state index contributed by atoms with van der Waals surface area (Å²) < 4.78 is 15.9. The third kappa shape index (κ3) is 4.54. The number of rotatable bonds is 7. The van der Waals surface area contributed by atoms with Crippen molar-refractivity contribution in [2.45, 2.75) is 12.6 Å². The minimum atomic E-state index is -0.472. The molecule has 3 aromatic carbocycles. The van der Waals surface area contributed by atoms with E-state index in [2.05, 4.69) is 10.6 Å². The number of anilines is 1. The molecule has 1 fully saturated rings. The Bertz CT molecular complexity index is 1130. The fourth-order valence-electron chi connectivity index (χ4n) is 3.72. The van der Waals surface area contributed by atoms with Gasteiger partial charge in [-0.15, -0.1) is 0 Å². The number of nitrogens with zero attached hydrogens (tertiary/aromatic N) is 1. The molecule has 3 aromatic rings. The molecule has 8 nitrogen and oxygen atoms in total. The number of fused-ring (bicyclic) bond motifs is 1. The van der Waals surface area contributed by atoms with E-state index in [1.807, 2.05) is 42.5 Å². The Labute approximate surface area is 186 Å². The predicted octanol–water partition coefficient (Wildman–Crippen LogP) is 3.68. The first-order chi connectivity index (χ1) is 15.6. The summed E-state index contributed by atoms with van der Waals surface area (Å²) in [5, 5.41) is 7.87. The van der Waals surface area contributed by atoms with E-state index in [4.69, 9.17) is 14.2 Å². The van der Waals surface area contributed by atoms with Crippen LogP contribution in [0.25, 0.3) is 10.8 Å². The van der Waals surface area contributed by atoms with Gasteiger partial charge in [-0.25, -0.2) is 9.59 Å². The Morgan fingerprint density at radius 2 is 1.81 bits per heavy atom. The zero-order chi connectivity index (χ0) is 22.5. The Morgan fingerprint density at radius 3 is 2.62 bits per heavy atom. The number of ether oxygens (including phenoxy) is 3. The van der Waals surface area contributed by atoms with Gasteiger partial charge < -0.3 is 24.8 Å². The number of amides is 3. The van der Waals surface area contributed by atoms with Gasteiger partial charge in [0.1, 0.15) is 6.10 Å². The Morgan fingerprint density at radius 1 is 1.03 bits per heavy atom. The van der Waals surface area contributed by atoms with Gasteiger partial charge in [0.25, 0.3) is 0 Å². The van der Waals surface area contributed by atoms with Crippen molar-refractivity contribution in [2.75, 3.05) is 32.2 Å². The molecule has 0 unspecified atom stereocenters. The van der Waals surface area contributed by atoms with Gasteiger partial charge in [-0.1, -0.05) is 42.5 Å². The van der Waals surface area contributed by atoms with Gasteiger partial charge >= 0.3 is 12.1 Å². The summed E-state index contributed by atoms with van der Waals surface area (Å²) in [6.07, 6.45) is -0.931. The maximum Gasteiger partial charge on any atom is 0.414 e. The number of methoxy groups -OCH3 is 2. The van der Waals surface area contributed by atoms with Crippen LogP contribution in [0.3, 0.4) is 0 Å². The number of hydrogen-bond acceptors (Lipinski definition) is 5. The molecule has 8 heteroatoms. The lowest BCUT2D eigenvalue weighted by Gasteiger charge is -2.16. The molecule has 4 rings (SSSR count). The van der Waals surface area contributed by atoms with Gasteiger partial charge in [0.15, 0.2) is 11.5 Å². The van der Waals surface area contributed by atoms with Crippen LogP contribution in [0.4, 0.5) is 15.3 Å². The van der Waals surface area contributed by atoms with Gasteiger partial charge in [-0.3, -0.25) is 4.90 Å². The van der Waals surface area contributed by atoms with Crippen LogP contribution in [0, 0.1) is 0 Å². The molecule has 32 heavy (non-hydrogen) atoms. The van der Waals surface area contributed by atoms with Gasteiger partial charge in [-0.2, -0.15) is 0 Å². The molecule has 1 aliphatic rings. The molecule has 1 heterocycles. The molecule has 0 aliphatic carbocycles. The molecule has 0 spiro atoms. The van der Waals surface area contributed by atoms with Crippen LogP contribution < -0.4 is 25.0 Å². The highest BCUT2D eigenvalue weighted by Crippen LogP contribution is 2.33. The van der Waals surface area contributed by atoms with Crippen LogP contribution in [0.2, 0.25) is 0 Å². The number of nitrogens with one attached hydrogen (secondary N) is 2. The molecule has 1 aliphatic heterocycles. The SMILES string of the molecule is COc1ccc(N2C[C@@H](CNC(=O)NCc3cccc4ccccc34)OC2=O)cc1OC. The molecule has 166 valence electrons. The van der Waals surface area contributed by atoms with E-state index in [9.17, 15) is 9.59 Å². The van der Waals surface area contributed by atoms with Crippen molar-refractivity contribution in [1.29, 1.82) is 0 Å². The largest absolute Gasteiger partial charge is 0.493 e. The van der Waals surface area contributed by atoms with Crippen LogP contribution in [0.5, 0.6) is 11.5 Å². The summed E-state index contributed by atoms with van der Waals surface area (Å²) in [5.41, 5.74) is 1.67. The third-order valence-electron chi connectivity index (χ3n) is 5.36. The monoisotopic (exact) mass is 435 g/mol. The molecular formula is C24H25N3O5. The van der Waals surface area contributed by atoms with E-state index in [1.54, 1.807) is 25.3 Å². The smallest absolute Gasteiger partial charge is 0.414 e. The van der Waals surface area contributed by atoms with Crippen molar-refractivity contribution in [3.05, 3.63) is 66.2 Å². The summed E-state index contributed by atoms with van der Waals surface area (Å²) >= 11 is 0. The standard InChI is InChI=1S/C24H25N3O5/c1-30-21-11-10-18(12-22(21)31-2)27-15-19(32-24(27)29)14-26-23(28)25-13-17-8-5-7-16-6-3-4-9-20(16)17/h3-12,19H,13-15H2,1-2H3,(H2,25,26,28)/t19-/m1/s1. The van der Waals surface area contributed by atoms with Gasteiger partial charge in [0, 0.05) is 12.6 Å². The van der Waals surface area contributed by atoms with Crippen molar-refractivity contribution in [3.8, 4) is 11.5 Å². The molecule has 0 aromatic heterocycles. The fraction of sp³-hybridized carbons (Fsp3) is 0.250. The second-order valence-electron chi connectivity index (χ2n) is 7.36. The lowest BCUT2D eigenvalue weighted by Crippen LogP contribution is -2.40. The maximum absolute atomic E-state index is 12.3. The van der Waals surface area contributed by atoms with Crippen molar-refractivity contribution in [2.24, 2.45) is 0 Å². The number of carbonyl (C=O) groups excluding carboxylic acids is 2. The quantitative estimate of drug-likeness (QED) is 0.591. The average molecular weight is 435 g/mol. The van der Waals surface area contributed by atoms with E-state index < -0.39 is 12.2 Å². The Hall–Kier alpha value is -3.94. The predicted molar refractivity (Wildman–Crippen MR) is 121 cm³/mol. The third-order valence-corrected chi connectivity index (χ3v) is 5.36. The molecule has 0 bridgehead atoms. The van der Waals surface area contributed by atoms with E-state index >= 15 is 0 Å². The number of benzene rings is 3. The Balaban J connectivity index is 1.31. The van der Waals surface area contributed by atoms with Crippen LogP contribution in [0.15, 0.2) is 60.7 Å². The number of urea groups is 1. The Kier molecular flexibility index (Phi) is 6.30. The maximum atomic E-state index is 12.3. The highest BCUT2D eigenvalue weighted by atomic mass is 16.6. The van der Waals surface area contributed by atoms with Crippen molar-refractivity contribution < 1.29 is 23.8 Å². The number of carbonyl (C=O) groups is 2. The lowest BCUT2D eigenvalue weighted by molar-refractivity contribution is 0.140. The molecule has 1 atom stereocenters. The second-order valence-corrected chi connectivity index (χ2v) is 7.36. The summed E-state index contributed by atoms with van der Waals surface area (Å²) in [4.78, 5) is 26.1. The minimum Gasteiger partial charge on any atom is -0.493 e. The van der Waals surface area contributed by atoms with Crippen LogP contribution in [-0.2, 0) is 11.3 Å². The van der Waals surface area contributed by atoms with Crippen molar-refractivity contribution >= 4 is 28.6 Å². The number of cyclic esters (lactones) is 1. The molecular weight excluding hydrogens is 410 g/mol. The zero-order valence-corrected chi connectivity index (χ0v) is 18.0. The zero-order valence-electron chi connectivity index (χ0n) is 18.0. The first kappa shape index (κ1) is 21.3. The van der Waals surface area contributed by atoms with Crippen molar-refractivity contribution in [1.82, 2.24) is 10.6 Å². The topological polar surface area (TPSA) is 89.1 Å². The van der Waals surface area contributed by atoms with Gasteiger partial charge in [-0.05, 0) is 28.5 Å². The average Bonchev–Trinajstić information content (AvgIpc) is 3.21. The van der Waals surface area contributed by atoms with Crippen LogP contribution in [0.1, 0.15) is 5.56 Å². The number of hydrogen-bond donors (Lipinski definition) is 2. The van der Waals surface area contributed by atoms with E-state index in [-0.39, 0.29) is 12.6 Å². The van der Waals surface area contributed by atoms with E-state index in [1.165, 1.54) is 12.0 Å². The first-order valence-corrected chi connectivity index (χ1v) is 10.3. The summed E-state index contributed by atoms with van der Waals surface area (Å²) in [7, 11) is 3.09. The minimum absolute atomic E-state index is 0.205. The lowest BCUT2D eigenvalue weighted by atomic mass is 10.0. The van der Waals surface area contributed by atoms with E-state index in [0.29, 0.717) is 30.3 Å². The highest BCUT2D eigenvalue weighted by Gasteiger charge is 2.33. The first-order valence-electron chi connectivity index (χ1n) is 10.3. The van der Waals surface area contributed by atoms with E-state index in [0.717, 1.165) is 16.3 Å². The summed E-state index contributed by atoms with van der Waals surface area (Å²) in [6, 6.07) is 18.9. The normalized spacial score (nSPS) is 15.4. The van der Waals surface area contributed by atoms with Crippen LogP contribution in [-0.4, -0.2) is 45.5 Å². The molecule has 0 saturated carbocycles. The fourth-order valence-corrected chi connectivity index (χ4v) is 3.72. The van der Waals surface area contributed by atoms with Gasteiger partial charge in [0.05, 0.1) is 33.0 Å². The van der Waals surface area contributed by atoms with Crippen molar-refractivity contribution in [3.63, 3.8) is 0 Å². The molecule has 2 N–H and O–H groups in total. The van der Waals surface area contributed by atoms with Gasteiger partial charge in [0.2, 0.25) is 0 Å². The molecule has 1 saturated heterocycles. The molecule has 3 amide bonds. The molecule has 0 radical (unpaired) electrons. The summed E-state index contributed by atoms with van der Waals surface area (Å²) in [5.74, 6) is 1.09. The summed E-state index contributed by atoms with van der Waals surface area (Å²) in [6.45, 7) is 0.921. The highest BCUT2D eigenvalue weighted by molar-refractivity contribution is 5.90. The second kappa shape index (κ2) is 9.47. The van der Waals surface area contributed by atoms with Crippen LogP contribution >= 0.6 is 0 Å².